The van der Waals surface area contributed by atoms with Gasteiger partial charge in [-0.2, -0.15) is 0 Å². The van der Waals surface area contributed by atoms with E-state index in [0.717, 1.165) is 7.11 Å². The molecule has 0 aromatic heterocycles. The molecule has 0 radical (unpaired) electrons. The van der Waals surface area contributed by atoms with Crippen LogP contribution in [0.1, 0.15) is 0 Å². The summed E-state index contributed by atoms with van der Waals surface area (Å²) in [6.07, 6.45) is -6.58. The first-order chi connectivity index (χ1) is 10.0. The second kappa shape index (κ2) is 8.13. The predicted octanol–water partition coefficient (Wildman–Crippen LogP) is -1.82. The van der Waals surface area contributed by atoms with E-state index in [1.807, 2.05) is 0 Å². The number of phenolic OH excluding ortho intramolecular Hbond substituents is 1. The molecule has 0 amide bonds. The summed E-state index contributed by atoms with van der Waals surface area (Å²) in [4.78, 5) is 0. The van der Waals surface area contributed by atoms with Crippen LogP contribution in [0.4, 0.5) is 0 Å². The summed E-state index contributed by atoms with van der Waals surface area (Å²) in [5, 5.41) is 54.1. The Labute approximate surface area is 121 Å². The van der Waals surface area contributed by atoms with Crippen molar-refractivity contribution in [1.82, 2.24) is 0 Å². The second-order valence-electron chi connectivity index (χ2n) is 4.31. The highest BCUT2D eigenvalue weighted by atomic mass is 16.7. The topological polar surface area (TPSA) is 140 Å². The van der Waals surface area contributed by atoms with Gasteiger partial charge in [0.15, 0.2) is 0 Å². The minimum Gasteiger partial charge on any atom is -0.508 e. The number of ether oxygens (including phenoxy) is 2. The fraction of sp³-hybridized carbons (Fsp3) is 0.538. The van der Waals surface area contributed by atoms with Crippen LogP contribution in [0.2, 0.25) is 0 Å². The zero-order valence-electron chi connectivity index (χ0n) is 11.4. The number of hydrogen-bond acceptors (Lipinski definition) is 8. The van der Waals surface area contributed by atoms with E-state index in [0.29, 0.717) is 5.75 Å². The highest BCUT2D eigenvalue weighted by molar-refractivity contribution is 5.30. The molecule has 1 aromatic carbocycles. The zero-order chi connectivity index (χ0) is 16.0. The van der Waals surface area contributed by atoms with Gasteiger partial charge in [0.25, 0.3) is 0 Å². The lowest BCUT2D eigenvalue weighted by molar-refractivity contribution is -0.277. The molecule has 1 fully saturated rings. The highest BCUT2D eigenvalue weighted by Gasteiger charge is 2.44. The summed E-state index contributed by atoms with van der Waals surface area (Å²) < 4.78 is 10.5. The van der Waals surface area contributed by atoms with Gasteiger partial charge in [-0.15, -0.1) is 0 Å². The number of rotatable bonds is 3. The van der Waals surface area contributed by atoms with Crippen molar-refractivity contribution in [3.05, 3.63) is 24.3 Å². The van der Waals surface area contributed by atoms with E-state index in [-0.39, 0.29) is 5.75 Å². The molecular formula is C13H20O8. The maximum Gasteiger partial charge on any atom is 0.229 e. The zero-order valence-corrected chi connectivity index (χ0v) is 11.4. The van der Waals surface area contributed by atoms with Gasteiger partial charge in [-0.3, -0.25) is 0 Å². The summed E-state index contributed by atoms with van der Waals surface area (Å²) in [6.45, 7) is -0.514. The number of benzene rings is 1. The molecule has 0 bridgehead atoms. The van der Waals surface area contributed by atoms with Crippen molar-refractivity contribution in [3.8, 4) is 11.5 Å². The van der Waals surface area contributed by atoms with Crippen molar-refractivity contribution in [3.63, 3.8) is 0 Å². The first-order valence-electron chi connectivity index (χ1n) is 6.24. The maximum absolute atomic E-state index is 9.75. The summed E-state index contributed by atoms with van der Waals surface area (Å²) in [5.41, 5.74) is 0. The Morgan fingerprint density at radius 2 is 1.57 bits per heavy atom. The highest BCUT2D eigenvalue weighted by Crippen LogP contribution is 2.25. The molecule has 0 spiro atoms. The molecule has 1 saturated heterocycles. The fourth-order valence-corrected chi connectivity index (χ4v) is 1.82. The summed E-state index contributed by atoms with van der Waals surface area (Å²) >= 11 is 0. The standard InChI is InChI=1S/C12H16O7.CH4O/c13-5-8-9(15)10(16)11(17)12(19-8)18-7-3-1-6(14)2-4-7;1-2/h1-4,8-17H,5H2;2H,1H3/t8-,9-,10+,11-,12-;/m1./s1. The van der Waals surface area contributed by atoms with E-state index < -0.39 is 37.3 Å². The molecule has 8 heteroatoms. The first-order valence-corrected chi connectivity index (χ1v) is 6.24. The predicted molar refractivity (Wildman–Crippen MR) is 70.6 cm³/mol. The molecule has 0 saturated carbocycles. The van der Waals surface area contributed by atoms with Gasteiger partial charge in [0.05, 0.1) is 6.61 Å². The Hall–Kier alpha value is -1.42. The smallest absolute Gasteiger partial charge is 0.229 e. The van der Waals surface area contributed by atoms with E-state index in [4.69, 9.17) is 24.8 Å². The Morgan fingerprint density at radius 1 is 1.00 bits per heavy atom. The average Bonchev–Trinajstić information content (AvgIpc) is 2.52. The Bertz CT molecular complexity index is 407. The normalized spacial score (nSPS) is 32.0. The van der Waals surface area contributed by atoms with E-state index in [1.165, 1.54) is 24.3 Å². The monoisotopic (exact) mass is 304 g/mol. The van der Waals surface area contributed by atoms with Crippen LogP contribution in [0.25, 0.3) is 0 Å². The molecule has 1 aromatic rings. The third-order valence-corrected chi connectivity index (χ3v) is 2.94. The molecule has 0 aliphatic carbocycles. The number of hydrogen-bond donors (Lipinski definition) is 6. The average molecular weight is 304 g/mol. The van der Waals surface area contributed by atoms with Crippen LogP contribution in [0.5, 0.6) is 11.5 Å². The number of aliphatic hydroxyl groups excluding tert-OH is 5. The lowest BCUT2D eigenvalue weighted by Gasteiger charge is -2.39. The first kappa shape index (κ1) is 17.6. The molecule has 1 aliphatic rings. The van der Waals surface area contributed by atoms with Gasteiger partial charge in [-0.1, -0.05) is 0 Å². The van der Waals surface area contributed by atoms with Gasteiger partial charge >= 0.3 is 0 Å². The maximum atomic E-state index is 9.75. The summed E-state index contributed by atoms with van der Waals surface area (Å²) in [6, 6.07) is 5.69. The summed E-state index contributed by atoms with van der Waals surface area (Å²) in [5.74, 6) is 0.364. The van der Waals surface area contributed by atoms with Crippen LogP contribution in [0, 0.1) is 0 Å². The van der Waals surface area contributed by atoms with Crippen molar-refractivity contribution in [2.45, 2.75) is 30.7 Å². The van der Waals surface area contributed by atoms with Crippen LogP contribution in [-0.4, -0.2) is 75.1 Å². The Balaban J connectivity index is 0.00000106. The largest absolute Gasteiger partial charge is 0.508 e. The summed E-state index contributed by atoms with van der Waals surface area (Å²) in [7, 11) is 1.00. The van der Waals surface area contributed by atoms with Gasteiger partial charge in [0.1, 0.15) is 35.9 Å². The molecule has 6 N–H and O–H groups in total. The molecule has 2 rings (SSSR count). The minimum absolute atomic E-state index is 0.0566. The molecule has 1 heterocycles. The third kappa shape index (κ3) is 4.27. The quantitative estimate of drug-likeness (QED) is 0.383. The van der Waals surface area contributed by atoms with Crippen molar-refractivity contribution in [1.29, 1.82) is 0 Å². The van der Waals surface area contributed by atoms with Crippen molar-refractivity contribution in [2.75, 3.05) is 13.7 Å². The minimum atomic E-state index is -1.48. The van der Waals surface area contributed by atoms with Gasteiger partial charge in [0.2, 0.25) is 6.29 Å². The van der Waals surface area contributed by atoms with Gasteiger partial charge in [0, 0.05) is 7.11 Å². The van der Waals surface area contributed by atoms with Gasteiger partial charge in [-0.25, -0.2) is 0 Å². The molecular weight excluding hydrogens is 284 g/mol. The van der Waals surface area contributed by atoms with Crippen molar-refractivity contribution < 1.29 is 40.1 Å². The van der Waals surface area contributed by atoms with E-state index in [9.17, 15) is 15.3 Å². The molecule has 21 heavy (non-hydrogen) atoms. The lowest BCUT2D eigenvalue weighted by Crippen LogP contribution is -2.60. The lowest BCUT2D eigenvalue weighted by atomic mass is 9.99. The molecule has 120 valence electrons. The number of aromatic hydroxyl groups is 1. The number of phenols is 1. The van der Waals surface area contributed by atoms with Crippen LogP contribution < -0.4 is 4.74 Å². The van der Waals surface area contributed by atoms with Crippen LogP contribution in [0.15, 0.2) is 24.3 Å². The van der Waals surface area contributed by atoms with E-state index >= 15 is 0 Å². The second-order valence-corrected chi connectivity index (χ2v) is 4.31. The number of aliphatic hydroxyl groups is 5. The molecule has 1 aliphatic heterocycles. The third-order valence-electron chi connectivity index (χ3n) is 2.94. The fourth-order valence-electron chi connectivity index (χ4n) is 1.82. The van der Waals surface area contributed by atoms with Crippen molar-refractivity contribution >= 4 is 0 Å². The van der Waals surface area contributed by atoms with E-state index in [2.05, 4.69) is 0 Å². The molecule has 0 unspecified atom stereocenters. The van der Waals surface area contributed by atoms with Crippen LogP contribution in [-0.2, 0) is 4.74 Å². The SMILES string of the molecule is CO.OC[C@H]1O[C@@H](Oc2ccc(O)cc2)[C@H](O)[C@@H](O)[C@@H]1O. The van der Waals surface area contributed by atoms with Gasteiger partial charge in [-0.05, 0) is 24.3 Å². The van der Waals surface area contributed by atoms with Crippen LogP contribution in [0.3, 0.4) is 0 Å². The van der Waals surface area contributed by atoms with Crippen LogP contribution >= 0.6 is 0 Å². The molecule has 8 nitrogen and oxygen atoms in total. The Morgan fingerprint density at radius 3 is 2.10 bits per heavy atom. The van der Waals surface area contributed by atoms with Crippen molar-refractivity contribution in [2.24, 2.45) is 0 Å². The molecule has 5 atom stereocenters. The van der Waals surface area contributed by atoms with Gasteiger partial charge < -0.3 is 40.1 Å². The Kier molecular flexibility index (Phi) is 6.82. The van der Waals surface area contributed by atoms with E-state index in [1.54, 1.807) is 0 Å².